The van der Waals surface area contributed by atoms with Gasteiger partial charge < -0.3 is 10.2 Å². The van der Waals surface area contributed by atoms with E-state index in [0.29, 0.717) is 28.9 Å². The molecular formula is C14H16N2O2. The molecule has 0 radical (unpaired) electrons. The molecule has 4 nitrogen and oxygen atoms in total. The van der Waals surface area contributed by atoms with Crippen LogP contribution in [-0.4, -0.2) is 44.2 Å². The van der Waals surface area contributed by atoms with Gasteiger partial charge in [0.1, 0.15) is 0 Å². The summed E-state index contributed by atoms with van der Waals surface area (Å²) >= 11 is 0. The van der Waals surface area contributed by atoms with Crippen molar-refractivity contribution in [3.8, 4) is 0 Å². The van der Waals surface area contributed by atoms with Gasteiger partial charge in [-0.2, -0.15) is 0 Å². The van der Waals surface area contributed by atoms with Gasteiger partial charge in [0.05, 0.1) is 5.70 Å². The average Bonchev–Trinajstić information content (AvgIpc) is 2.36. The van der Waals surface area contributed by atoms with E-state index in [1.807, 2.05) is 19.0 Å². The van der Waals surface area contributed by atoms with Crippen molar-refractivity contribution in [3.05, 3.63) is 46.7 Å². The van der Waals surface area contributed by atoms with Crippen molar-refractivity contribution in [2.45, 2.75) is 0 Å². The highest BCUT2D eigenvalue weighted by Gasteiger charge is 2.31. The summed E-state index contributed by atoms with van der Waals surface area (Å²) in [4.78, 5) is 26.6. The molecule has 1 N–H and O–H groups in total. The lowest BCUT2D eigenvalue weighted by molar-refractivity contribution is 0.0964. The summed E-state index contributed by atoms with van der Waals surface area (Å²) in [6, 6.07) is 6.95. The number of rotatable bonds is 3. The molecule has 0 fully saturated rings. The van der Waals surface area contributed by atoms with Crippen LogP contribution in [0.15, 0.2) is 35.5 Å². The van der Waals surface area contributed by atoms with Gasteiger partial charge in [0.2, 0.25) is 5.78 Å². The summed E-state index contributed by atoms with van der Waals surface area (Å²) in [6.45, 7) is 0.453. The Hall–Kier alpha value is -1.94. The van der Waals surface area contributed by atoms with E-state index < -0.39 is 0 Å². The van der Waals surface area contributed by atoms with Crippen molar-refractivity contribution in [3.63, 3.8) is 0 Å². The fraction of sp³-hybridized carbons (Fsp3) is 0.286. The Labute approximate surface area is 106 Å². The minimum absolute atomic E-state index is 0.0664. The molecule has 0 saturated heterocycles. The number of nitrogens with one attached hydrogen (secondary N) is 1. The van der Waals surface area contributed by atoms with Gasteiger partial charge in [0, 0.05) is 30.3 Å². The SMILES string of the molecule is CNC1=C(CN(C)C)C(=O)c2ccccc2C1=O. The maximum absolute atomic E-state index is 12.4. The van der Waals surface area contributed by atoms with Gasteiger partial charge in [-0.25, -0.2) is 0 Å². The number of carbonyl (C=O) groups is 2. The van der Waals surface area contributed by atoms with Crippen LogP contribution in [0.2, 0.25) is 0 Å². The average molecular weight is 244 g/mol. The second kappa shape index (κ2) is 4.74. The standard InChI is InChI=1S/C14H16N2O2/c1-15-12-11(8-16(2)3)13(17)9-6-4-5-7-10(9)14(12)18/h4-7,15H,8H2,1-3H3. The Kier molecular flexibility index (Phi) is 3.30. The lowest BCUT2D eigenvalue weighted by Gasteiger charge is -2.22. The number of Topliss-reactive ketones (excluding diaryl/α,β-unsaturated/α-hetero) is 2. The highest BCUT2D eigenvalue weighted by Crippen LogP contribution is 2.25. The molecule has 0 atom stereocenters. The molecule has 0 unspecified atom stereocenters. The van der Waals surface area contributed by atoms with Crippen LogP contribution in [0.1, 0.15) is 20.7 Å². The zero-order valence-corrected chi connectivity index (χ0v) is 10.8. The normalized spacial score (nSPS) is 15.1. The number of allylic oxidation sites excluding steroid dienone is 1. The molecule has 0 bridgehead atoms. The molecular weight excluding hydrogens is 228 g/mol. The van der Waals surface area contributed by atoms with Crippen LogP contribution in [0.5, 0.6) is 0 Å². The summed E-state index contributed by atoms with van der Waals surface area (Å²) in [5.74, 6) is -0.173. The molecule has 0 saturated carbocycles. The molecule has 1 aliphatic rings. The molecule has 0 amide bonds. The molecule has 0 aliphatic heterocycles. The first kappa shape index (κ1) is 12.5. The molecule has 18 heavy (non-hydrogen) atoms. The summed E-state index contributed by atoms with van der Waals surface area (Å²) in [5, 5.41) is 2.86. The molecule has 0 heterocycles. The highest BCUT2D eigenvalue weighted by molar-refractivity contribution is 6.26. The smallest absolute Gasteiger partial charge is 0.210 e. The number of nitrogens with zero attached hydrogens (tertiary/aromatic N) is 1. The molecule has 2 rings (SSSR count). The first-order valence-electron chi connectivity index (χ1n) is 5.80. The van der Waals surface area contributed by atoms with Gasteiger partial charge in [-0.15, -0.1) is 0 Å². The number of ketones is 2. The van der Waals surface area contributed by atoms with Crippen LogP contribution in [0.25, 0.3) is 0 Å². The minimum Gasteiger partial charge on any atom is -0.385 e. The summed E-state index contributed by atoms with van der Waals surface area (Å²) in [5.41, 5.74) is 1.92. The molecule has 1 aromatic carbocycles. The van der Waals surface area contributed by atoms with Gasteiger partial charge in [0.15, 0.2) is 5.78 Å². The van der Waals surface area contributed by atoms with Crippen molar-refractivity contribution in [1.29, 1.82) is 0 Å². The summed E-state index contributed by atoms with van der Waals surface area (Å²) in [6.07, 6.45) is 0. The van der Waals surface area contributed by atoms with E-state index in [2.05, 4.69) is 5.32 Å². The Balaban J connectivity index is 2.57. The van der Waals surface area contributed by atoms with E-state index in [1.165, 1.54) is 0 Å². The fourth-order valence-corrected chi connectivity index (χ4v) is 2.16. The Morgan fingerprint density at radius 3 is 2.11 bits per heavy atom. The second-order valence-corrected chi connectivity index (χ2v) is 4.55. The van der Waals surface area contributed by atoms with Crippen molar-refractivity contribution in [2.24, 2.45) is 0 Å². The summed E-state index contributed by atoms with van der Waals surface area (Å²) in [7, 11) is 5.42. The minimum atomic E-state index is -0.107. The third kappa shape index (κ3) is 1.95. The molecule has 94 valence electrons. The topological polar surface area (TPSA) is 49.4 Å². The van der Waals surface area contributed by atoms with Crippen LogP contribution in [0, 0.1) is 0 Å². The lowest BCUT2D eigenvalue weighted by atomic mass is 9.87. The zero-order valence-electron chi connectivity index (χ0n) is 10.8. The van der Waals surface area contributed by atoms with Crippen LogP contribution in [0.4, 0.5) is 0 Å². The molecule has 0 spiro atoms. The predicted molar refractivity (Wildman–Crippen MR) is 69.7 cm³/mol. The van der Waals surface area contributed by atoms with E-state index in [9.17, 15) is 9.59 Å². The quantitative estimate of drug-likeness (QED) is 0.865. The number of fused-ring (bicyclic) bond motifs is 1. The maximum atomic E-state index is 12.4. The third-order valence-electron chi connectivity index (χ3n) is 2.94. The third-order valence-corrected chi connectivity index (χ3v) is 2.94. The van der Waals surface area contributed by atoms with Crippen molar-refractivity contribution < 1.29 is 9.59 Å². The fourth-order valence-electron chi connectivity index (χ4n) is 2.16. The molecule has 4 heteroatoms. The largest absolute Gasteiger partial charge is 0.385 e. The van der Waals surface area contributed by atoms with Crippen LogP contribution in [0.3, 0.4) is 0 Å². The van der Waals surface area contributed by atoms with Crippen LogP contribution < -0.4 is 5.32 Å². The molecule has 0 aromatic heterocycles. The van der Waals surface area contributed by atoms with E-state index in [-0.39, 0.29) is 11.6 Å². The van der Waals surface area contributed by atoms with Gasteiger partial charge in [-0.3, -0.25) is 9.59 Å². The monoisotopic (exact) mass is 244 g/mol. The number of hydrogen-bond donors (Lipinski definition) is 1. The highest BCUT2D eigenvalue weighted by atomic mass is 16.1. The predicted octanol–water partition coefficient (Wildman–Crippen LogP) is 1.10. The number of benzene rings is 1. The van der Waals surface area contributed by atoms with Gasteiger partial charge >= 0.3 is 0 Å². The van der Waals surface area contributed by atoms with E-state index >= 15 is 0 Å². The summed E-state index contributed by atoms with van der Waals surface area (Å²) < 4.78 is 0. The van der Waals surface area contributed by atoms with E-state index in [4.69, 9.17) is 0 Å². The van der Waals surface area contributed by atoms with Crippen molar-refractivity contribution >= 4 is 11.6 Å². The van der Waals surface area contributed by atoms with E-state index in [1.54, 1.807) is 31.3 Å². The number of likely N-dealkylation sites (N-methyl/N-ethyl adjacent to an activating group) is 2. The molecule has 1 aromatic rings. The van der Waals surface area contributed by atoms with Gasteiger partial charge in [0.25, 0.3) is 0 Å². The second-order valence-electron chi connectivity index (χ2n) is 4.55. The van der Waals surface area contributed by atoms with Crippen molar-refractivity contribution in [2.75, 3.05) is 27.7 Å². The Bertz CT molecular complexity index is 544. The number of carbonyl (C=O) groups excluding carboxylic acids is 2. The Morgan fingerprint density at radius 1 is 1.06 bits per heavy atom. The van der Waals surface area contributed by atoms with Gasteiger partial charge in [-0.05, 0) is 14.1 Å². The first-order valence-corrected chi connectivity index (χ1v) is 5.80. The number of hydrogen-bond acceptors (Lipinski definition) is 4. The Morgan fingerprint density at radius 2 is 1.61 bits per heavy atom. The van der Waals surface area contributed by atoms with Crippen LogP contribution >= 0.6 is 0 Å². The molecule has 1 aliphatic carbocycles. The first-order chi connectivity index (χ1) is 8.56. The maximum Gasteiger partial charge on any atom is 0.210 e. The van der Waals surface area contributed by atoms with Crippen molar-refractivity contribution in [1.82, 2.24) is 10.2 Å². The zero-order chi connectivity index (χ0) is 13.3. The lowest BCUT2D eigenvalue weighted by Crippen LogP contribution is -2.33. The van der Waals surface area contributed by atoms with Gasteiger partial charge in [-0.1, -0.05) is 24.3 Å². The van der Waals surface area contributed by atoms with Crippen LogP contribution in [-0.2, 0) is 0 Å². The van der Waals surface area contributed by atoms with E-state index in [0.717, 1.165) is 0 Å².